The smallest absolute Gasteiger partial charge is 0.259 e. The number of nitrogens with one attached hydrogen (secondary N) is 2. The van der Waals surface area contributed by atoms with Crippen LogP contribution < -0.4 is 24.8 Å². The number of nitrogens with zero attached hydrogens (tertiary/aromatic N) is 2. The standard InChI is InChI=1S/C22H22N4O4/c1-3-28-17-7-5-16(6-8-17)26-21(27)18-12-24-22(25-14(18)2)23-11-15-4-9-19-20(10-15)30-13-29-19/h4-10,12H,3,11,13H2,1-2H3,(H,26,27)(H,23,24,25). The minimum Gasteiger partial charge on any atom is -0.494 e. The van der Waals surface area contributed by atoms with E-state index in [1.54, 1.807) is 19.1 Å². The van der Waals surface area contributed by atoms with Crippen LogP contribution in [0, 0.1) is 6.92 Å². The van der Waals surface area contributed by atoms with E-state index in [1.165, 1.54) is 6.20 Å². The number of aryl methyl sites for hydroxylation is 1. The van der Waals surface area contributed by atoms with Crippen LogP contribution in [0.15, 0.2) is 48.7 Å². The van der Waals surface area contributed by atoms with Crippen LogP contribution in [0.3, 0.4) is 0 Å². The SMILES string of the molecule is CCOc1ccc(NC(=O)c2cnc(NCc3ccc4c(c3)OCO4)nc2C)cc1. The summed E-state index contributed by atoms with van der Waals surface area (Å²) in [5.41, 5.74) is 2.69. The number of rotatable bonds is 7. The van der Waals surface area contributed by atoms with Crippen molar-refractivity contribution in [2.24, 2.45) is 0 Å². The Balaban J connectivity index is 1.38. The number of hydrogen-bond acceptors (Lipinski definition) is 7. The fourth-order valence-electron chi connectivity index (χ4n) is 3.01. The molecule has 1 amide bonds. The Morgan fingerprint density at radius 2 is 1.93 bits per heavy atom. The summed E-state index contributed by atoms with van der Waals surface area (Å²) in [7, 11) is 0. The van der Waals surface area contributed by atoms with E-state index in [0.717, 1.165) is 22.8 Å². The lowest BCUT2D eigenvalue weighted by molar-refractivity contribution is 0.102. The van der Waals surface area contributed by atoms with Gasteiger partial charge < -0.3 is 24.8 Å². The molecule has 1 aliphatic heterocycles. The zero-order valence-corrected chi connectivity index (χ0v) is 16.8. The van der Waals surface area contributed by atoms with Crippen molar-refractivity contribution < 1.29 is 19.0 Å². The molecule has 2 aromatic carbocycles. The highest BCUT2D eigenvalue weighted by atomic mass is 16.7. The van der Waals surface area contributed by atoms with Crippen molar-refractivity contribution in [2.45, 2.75) is 20.4 Å². The lowest BCUT2D eigenvalue weighted by atomic mass is 10.2. The van der Waals surface area contributed by atoms with Crippen LogP contribution in [-0.4, -0.2) is 29.3 Å². The average Bonchev–Trinajstić information content (AvgIpc) is 3.22. The third-order valence-corrected chi connectivity index (χ3v) is 4.53. The summed E-state index contributed by atoms with van der Waals surface area (Å²) in [5, 5.41) is 6.01. The Bertz CT molecular complexity index is 1050. The van der Waals surface area contributed by atoms with E-state index in [9.17, 15) is 4.79 Å². The fourth-order valence-corrected chi connectivity index (χ4v) is 3.01. The number of aromatic nitrogens is 2. The number of ether oxygens (including phenoxy) is 3. The summed E-state index contributed by atoms with van der Waals surface area (Å²) >= 11 is 0. The van der Waals surface area contributed by atoms with Crippen molar-refractivity contribution >= 4 is 17.5 Å². The molecule has 0 spiro atoms. The Morgan fingerprint density at radius 1 is 1.13 bits per heavy atom. The quantitative estimate of drug-likeness (QED) is 0.617. The predicted molar refractivity (Wildman–Crippen MR) is 112 cm³/mol. The van der Waals surface area contributed by atoms with E-state index >= 15 is 0 Å². The number of hydrogen-bond donors (Lipinski definition) is 2. The topological polar surface area (TPSA) is 94.6 Å². The highest BCUT2D eigenvalue weighted by Gasteiger charge is 2.14. The molecular weight excluding hydrogens is 384 g/mol. The Morgan fingerprint density at radius 3 is 2.70 bits per heavy atom. The van der Waals surface area contributed by atoms with Crippen LogP contribution in [0.1, 0.15) is 28.5 Å². The van der Waals surface area contributed by atoms with Crippen molar-refractivity contribution in [3.63, 3.8) is 0 Å². The molecule has 4 rings (SSSR count). The third kappa shape index (κ3) is 4.43. The predicted octanol–water partition coefficient (Wildman–Crippen LogP) is 3.78. The largest absolute Gasteiger partial charge is 0.494 e. The van der Waals surface area contributed by atoms with Crippen LogP contribution >= 0.6 is 0 Å². The highest BCUT2D eigenvalue weighted by molar-refractivity contribution is 6.04. The first-order valence-corrected chi connectivity index (χ1v) is 9.62. The Hall–Kier alpha value is -3.81. The van der Waals surface area contributed by atoms with Gasteiger partial charge in [0.15, 0.2) is 11.5 Å². The molecule has 0 fully saturated rings. The molecule has 0 bridgehead atoms. The lowest BCUT2D eigenvalue weighted by Crippen LogP contribution is -2.15. The van der Waals surface area contributed by atoms with Crippen molar-refractivity contribution in [2.75, 3.05) is 24.0 Å². The molecule has 3 aromatic rings. The fraction of sp³-hybridized carbons (Fsp3) is 0.227. The zero-order chi connectivity index (χ0) is 20.9. The molecule has 8 nitrogen and oxygen atoms in total. The summed E-state index contributed by atoms with van der Waals surface area (Å²) in [6.07, 6.45) is 1.52. The maximum absolute atomic E-state index is 12.6. The monoisotopic (exact) mass is 406 g/mol. The van der Waals surface area contributed by atoms with E-state index in [2.05, 4.69) is 20.6 Å². The van der Waals surface area contributed by atoms with Crippen molar-refractivity contribution in [1.29, 1.82) is 0 Å². The van der Waals surface area contributed by atoms with Crippen molar-refractivity contribution in [3.05, 3.63) is 65.5 Å². The summed E-state index contributed by atoms with van der Waals surface area (Å²) in [5.74, 6) is 2.41. The molecule has 0 saturated carbocycles. The van der Waals surface area contributed by atoms with Gasteiger partial charge in [-0.1, -0.05) is 6.07 Å². The molecule has 2 N–H and O–H groups in total. The molecule has 8 heteroatoms. The van der Waals surface area contributed by atoms with Gasteiger partial charge in [0.1, 0.15) is 5.75 Å². The molecule has 0 saturated heterocycles. The van der Waals surface area contributed by atoms with Crippen molar-refractivity contribution in [3.8, 4) is 17.2 Å². The van der Waals surface area contributed by atoms with Crippen molar-refractivity contribution in [1.82, 2.24) is 9.97 Å². The summed E-state index contributed by atoms with van der Waals surface area (Å²) in [4.78, 5) is 21.2. The van der Waals surface area contributed by atoms with Gasteiger partial charge in [-0.2, -0.15) is 0 Å². The first kappa shape index (κ1) is 19.5. The second kappa shape index (κ2) is 8.69. The number of fused-ring (bicyclic) bond motifs is 1. The van der Waals surface area contributed by atoms with Gasteiger partial charge in [-0.3, -0.25) is 4.79 Å². The molecule has 0 unspecified atom stereocenters. The lowest BCUT2D eigenvalue weighted by Gasteiger charge is -2.10. The zero-order valence-electron chi connectivity index (χ0n) is 16.8. The number of anilines is 2. The summed E-state index contributed by atoms with van der Waals surface area (Å²) < 4.78 is 16.1. The number of carbonyl (C=O) groups excluding carboxylic acids is 1. The van der Waals surface area contributed by atoms with E-state index < -0.39 is 0 Å². The van der Waals surface area contributed by atoms with Crippen LogP contribution in [0.5, 0.6) is 17.2 Å². The van der Waals surface area contributed by atoms with Gasteiger partial charge in [0, 0.05) is 18.4 Å². The van der Waals surface area contributed by atoms with E-state index in [0.29, 0.717) is 36.0 Å². The van der Waals surface area contributed by atoms with Gasteiger partial charge in [-0.25, -0.2) is 9.97 Å². The van der Waals surface area contributed by atoms with Gasteiger partial charge in [0.2, 0.25) is 12.7 Å². The van der Waals surface area contributed by atoms with Crippen LogP contribution in [0.4, 0.5) is 11.6 Å². The number of carbonyl (C=O) groups is 1. The maximum Gasteiger partial charge on any atom is 0.259 e. The number of amides is 1. The van der Waals surface area contributed by atoms with Gasteiger partial charge in [0.05, 0.1) is 17.9 Å². The van der Waals surface area contributed by atoms with E-state index in [-0.39, 0.29) is 12.7 Å². The Labute approximate surface area is 174 Å². The van der Waals surface area contributed by atoms with E-state index in [4.69, 9.17) is 14.2 Å². The second-order valence-electron chi connectivity index (χ2n) is 6.65. The average molecular weight is 406 g/mol. The first-order chi connectivity index (χ1) is 14.6. The summed E-state index contributed by atoms with van der Waals surface area (Å²) in [6, 6.07) is 12.9. The van der Waals surface area contributed by atoms with Gasteiger partial charge in [-0.15, -0.1) is 0 Å². The van der Waals surface area contributed by atoms with Gasteiger partial charge in [-0.05, 0) is 55.8 Å². The minimum atomic E-state index is -0.265. The Kier molecular flexibility index (Phi) is 5.65. The molecule has 30 heavy (non-hydrogen) atoms. The molecule has 0 radical (unpaired) electrons. The van der Waals surface area contributed by atoms with Gasteiger partial charge in [0.25, 0.3) is 5.91 Å². The molecule has 1 aliphatic rings. The summed E-state index contributed by atoms with van der Waals surface area (Å²) in [6.45, 7) is 5.06. The van der Waals surface area contributed by atoms with Crippen LogP contribution in [0.25, 0.3) is 0 Å². The van der Waals surface area contributed by atoms with E-state index in [1.807, 2.05) is 37.3 Å². The normalized spacial score (nSPS) is 11.8. The third-order valence-electron chi connectivity index (χ3n) is 4.53. The highest BCUT2D eigenvalue weighted by Crippen LogP contribution is 2.32. The molecular formula is C22H22N4O4. The maximum atomic E-state index is 12.6. The minimum absolute atomic E-state index is 0.245. The molecule has 1 aromatic heterocycles. The van der Waals surface area contributed by atoms with Crippen LogP contribution in [-0.2, 0) is 6.54 Å². The van der Waals surface area contributed by atoms with Crippen LogP contribution in [0.2, 0.25) is 0 Å². The van der Waals surface area contributed by atoms with Gasteiger partial charge >= 0.3 is 0 Å². The molecule has 0 aliphatic carbocycles. The molecule has 2 heterocycles. The molecule has 154 valence electrons. The first-order valence-electron chi connectivity index (χ1n) is 9.62. The molecule has 0 atom stereocenters. The second-order valence-corrected chi connectivity index (χ2v) is 6.65. The number of benzene rings is 2.